The van der Waals surface area contributed by atoms with Gasteiger partial charge in [0.25, 0.3) is 5.56 Å². The number of carbonyl (C=O) groups excluding carboxylic acids is 1. The van der Waals surface area contributed by atoms with Gasteiger partial charge in [-0.15, -0.1) is 0 Å². The Morgan fingerprint density at radius 2 is 1.69 bits per heavy atom. The molecule has 0 spiro atoms. The molecule has 0 radical (unpaired) electrons. The lowest BCUT2D eigenvalue weighted by molar-refractivity contribution is -0.136. The predicted octanol–water partition coefficient (Wildman–Crippen LogP) is 4.70. The lowest BCUT2D eigenvalue weighted by atomic mass is 9.97. The Bertz CT molecular complexity index is 1960. The highest BCUT2D eigenvalue weighted by molar-refractivity contribution is 14.1. The van der Waals surface area contributed by atoms with E-state index >= 15 is 0 Å². The fourth-order valence-electron chi connectivity index (χ4n) is 4.77. The molecule has 0 fully saturated rings. The minimum absolute atomic E-state index is 0.213. The first-order chi connectivity index (χ1) is 21.7. The molecule has 5 rings (SSSR count). The molecule has 3 aromatic carbocycles. The maximum absolute atomic E-state index is 13.9. The fourth-order valence-corrected chi connectivity index (χ4v) is 6.43. The van der Waals surface area contributed by atoms with Crippen LogP contribution in [0.2, 0.25) is 0 Å². The van der Waals surface area contributed by atoms with E-state index in [1.807, 2.05) is 32.0 Å². The largest absolute Gasteiger partial charge is 0.490 e. The van der Waals surface area contributed by atoms with Gasteiger partial charge in [-0.2, -0.15) is 0 Å². The quantitative estimate of drug-likeness (QED) is 0.174. The van der Waals surface area contributed by atoms with Crippen LogP contribution >= 0.6 is 33.9 Å². The molecule has 232 valence electrons. The number of carboxylic acids is 1. The molecule has 1 aromatic heterocycles. The van der Waals surface area contributed by atoms with Gasteiger partial charge in [-0.25, -0.2) is 14.6 Å². The van der Waals surface area contributed by atoms with E-state index < -0.39 is 18.0 Å². The van der Waals surface area contributed by atoms with E-state index in [0.717, 1.165) is 14.7 Å². The topological polar surface area (TPSA) is 126 Å². The number of halogens is 1. The Balaban J connectivity index is 1.48. The summed E-state index contributed by atoms with van der Waals surface area (Å²) in [6, 6.07) is 16.7. The van der Waals surface area contributed by atoms with Crippen molar-refractivity contribution < 1.29 is 33.6 Å². The highest BCUT2D eigenvalue weighted by Gasteiger charge is 2.31. The van der Waals surface area contributed by atoms with Crippen molar-refractivity contribution in [3.05, 3.63) is 118 Å². The predicted molar refractivity (Wildman–Crippen MR) is 177 cm³/mol. The Kier molecular flexibility index (Phi) is 10.0. The summed E-state index contributed by atoms with van der Waals surface area (Å²) in [5.41, 5.74) is 2.40. The van der Waals surface area contributed by atoms with Crippen LogP contribution in [0.5, 0.6) is 17.2 Å². The number of hydrogen-bond donors (Lipinski definition) is 1. The van der Waals surface area contributed by atoms with Crippen molar-refractivity contribution in [3.63, 3.8) is 0 Å². The number of esters is 1. The molecule has 45 heavy (non-hydrogen) atoms. The molecule has 0 bridgehead atoms. The van der Waals surface area contributed by atoms with Crippen LogP contribution in [-0.2, 0) is 16.1 Å². The van der Waals surface area contributed by atoms with E-state index in [1.54, 1.807) is 36.4 Å². The van der Waals surface area contributed by atoms with Crippen LogP contribution in [0.3, 0.4) is 0 Å². The molecule has 0 saturated heterocycles. The number of thiazole rings is 1. The molecule has 0 aliphatic carbocycles. The minimum atomic E-state index is -0.980. The minimum Gasteiger partial charge on any atom is -0.490 e. The number of carboxylic acid groups (broad SMARTS) is 1. The third-order valence-corrected chi connectivity index (χ3v) is 8.70. The Hall–Kier alpha value is -4.43. The van der Waals surface area contributed by atoms with Crippen LogP contribution in [0, 0.1) is 3.57 Å². The molecular weight excluding hydrogens is 711 g/mol. The molecule has 1 N–H and O–H groups in total. The van der Waals surface area contributed by atoms with Crippen LogP contribution in [0.15, 0.2) is 82.2 Å². The number of aromatic carboxylic acids is 1. The zero-order valence-corrected chi connectivity index (χ0v) is 27.6. The maximum Gasteiger partial charge on any atom is 0.337 e. The number of nitrogens with zero attached hydrogens (tertiary/aromatic N) is 2. The number of rotatable bonds is 11. The SMILES string of the molecule is CCOc1ccc([C@@H]2C(C(=O)OC)=CN=c3s/c(=C\c4ccc(OCc5ccc(C(=O)O)cc5)c(I)c4)c(=O)n32)cc1OCC. The van der Waals surface area contributed by atoms with Gasteiger partial charge in [0, 0.05) is 6.20 Å². The van der Waals surface area contributed by atoms with Crippen LogP contribution in [0.25, 0.3) is 6.08 Å². The average Bonchev–Trinajstić information content (AvgIpc) is 3.35. The van der Waals surface area contributed by atoms with Crippen LogP contribution < -0.4 is 29.1 Å². The number of benzene rings is 3. The Morgan fingerprint density at radius 1 is 0.978 bits per heavy atom. The van der Waals surface area contributed by atoms with E-state index in [2.05, 4.69) is 27.6 Å². The summed E-state index contributed by atoms with van der Waals surface area (Å²) >= 11 is 3.39. The molecule has 2 heterocycles. The van der Waals surface area contributed by atoms with Crippen molar-refractivity contribution >= 4 is 51.9 Å². The van der Waals surface area contributed by atoms with E-state index in [0.29, 0.717) is 45.4 Å². The molecule has 10 nitrogen and oxygen atoms in total. The second-order valence-electron chi connectivity index (χ2n) is 9.73. The first-order valence-corrected chi connectivity index (χ1v) is 15.9. The van der Waals surface area contributed by atoms with Crippen LogP contribution in [0.4, 0.5) is 0 Å². The van der Waals surface area contributed by atoms with Crippen molar-refractivity contribution in [1.29, 1.82) is 0 Å². The van der Waals surface area contributed by atoms with Gasteiger partial charge >= 0.3 is 11.9 Å². The first-order valence-electron chi connectivity index (χ1n) is 14.0. The van der Waals surface area contributed by atoms with Crippen LogP contribution in [-0.4, -0.2) is 41.9 Å². The summed E-state index contributed by atoms with van der Waals surface area (Å²) in [4.78, 5) is 42.7. The second kappa shape index (κ2) is 14.1. The molecule has 0 amide bonds. The molecule has 0 unspecified atom stereocenters. The Morgan fingerprint density at radius 3 is 2.36 bits per heavy atom. The summed E-state index contributed by atoms with van der Waals surface area (Å²) in [6.45, 7) is 4.89. The van der Waals surface area contributed by atoms with Gasteiger partial charge in [0.2, 0.25) is 0 Å². The molecule has 12 heteroatoms. The third kappa shape index (κ3) is 6.96. The van der Waals surface area contributed by atoms with Gasteiger partial charge in [0.15, 0.2) is 16.3 Å². The summed E-state index contributed by atoms with van der Waals surface area (Å²) in [5, 5.41) is 9.09. The smallest absolute Gasteiger partial charge is 0.337 e. The van der Waals surface area contributed by atoms with Crippen molar-refractivity contribution in [3.8, 4) is 17.2 Å². The first kappa shape index (κ1) is 32.0. The number of carbonyl (C=O) groups is 2. The van der Waals surface area contributed by atoms with Gasteiger partial charge in [0.05, 0.1) is 45.6 Å². The highest BCUT2D eigenvalue weighted by atomic mass is 127. The van der Waals surface area contributed by atoms with E-state index in [-0.39, 0.29) is 23.3 Å². The van der Waals surface area contributed by atoms with Crippen LogP contribution in [0.1, 0.15) is 46.9 Å². The number of aromatic nitrogens is 1. The summed E-state index contributed by atoms with van der Waals surface area (Å²) in [6.07, 6.45) is 3.23. The average molecular weight is 741 g/mol. The normalized spacial score (nSPS) is 14.2. The monoisotopic (exact) mass is 740 g/mol. The molecular formula is C33H29IN2O8S. The van der Waals surface area contributed by atoms with Crippen molar-refractivity contribution in [2.24, 2.45) is 4.99 Å². The zero-order chi connectivity index (χ0) is 32.1. The van der Waals surface area contributed by atoms with Crippen molar-refractivity contribution in [2.45, 2.75) is 26.5 Å². The molecule has 4 aromatic rings. The molecule has 1 aliphatic heterocycles. The standard InChI is InChI=1S/C33H29IN2O8S/c1-4-42-26-13-11-22(16-27(26)43-5-2)29-23(32(40)41-3)17-35-33-36(29)30(37)28(45-33)15-20-8-12-25(24(34)14-20)44-18-19-6-9-21(10-7-19)31(38)39/h6-17,29H,4-5,18H2,1-3H3,(H,38,39)/b28-15-/t29-/m1/s1. The van der Waals surface area contributed by atoms with E-state index in [4.69, 9.17) is 24.1 Å². The highest BCUT2D eigenvalue weighted by Crippen LogP contribution is 2.35. The second-order valence-corrected chi connectivity index (χ2v) is 11.9. The molecule has 0 saturated carbocycles. The van der Waals surface area contributed by atoms with Gasteiger partial charge in [-0.3, -0.25) is 9.36 Å². The fraction of sp³-hybridized carbons (Fsp3) is 0.212. The van der Waals surface area contributed by atoms with E-state index in [1.165, 1.54) is 41.3 Å². The number of methoxy groups -OCH3 is 1. The van der Waals surface area contributed by atoms with Gasteiger partial charge in [-0.1, -0.05) is 35.6 Å². The summed E-state index contributed by atoms with van der Waals surface area (Å²) in [5.74, 6) is 0.158. The lowest BCUT2D eigenvalue weighted by Gasteiger charge is -2.23. The third-order valence-electron chi connectivity index (χ3n) is 6.86. The van der Waals surface area contributed by atoms with E-state index in [9.17, 15) is 14.4 Å². The van der Waals surface area contributed by atoms with Gasteiger partial charge < -0.3 is 24.1 Å². The van der Waals surface area contributed by atoms with Crippen molar-refractivity contribution in [2.75, 3.05) is 20.3 Å². The Labute approximate surface area is 276 Å². The van der Waals surface area contributed by atoms with Crippen molar-refractivity contribution in [1.82, 2.24) is 4.57 Å². The molecule has 1 atom stereocenters. The number of ether oxygens (including phenoxy) is 4. The number of hydrogen-bond acceptors (Lipinski definition) is 9. The summed E-state index contributed by atoms with van der Waals surface area (Å²) < 4.78 is 25.3. The summed E-state index contributed by atoms with van der Waals surface area (Å²) in [7, 11) is 1.29. The van der Waals surface area contributed by atoms with Gasteiger partial charge in [0.1, 0.15) is 12.4 Å². The maximum atomic E-state index is 13.9. The zero-order valence-electron chi connectivity index (χ0n) is 24.6. The number of fused-ring (bicyclic) bond motifs is 1. The van der Waals surface area contributed by atoms with Gasteiger partial charge in [-0.05, 0) is 95.6 Å². The lowest BCUT2D eigenvalue weighted by Crippen LogP contribution is -2.39. The molecule has 1 aliphatic rings.